The number of nitrogens with zero attached hydrogens (tertiary/aromatic N) is 2. The van der Waals surface area contributed by atoms with Crippen molar-refractivity contribution >= 4 is 21.6 Å². The normalized spacial score (nSPS) is 15.7. The van der Waals surface area contributed by atoms with Gasteiger partial charge in [-0.05, 0) is 6.42 Å². The van der Waals surface area contributed by atoms with E-state index in [0.29, 0.717) is 5.69 Å². The molecule has 1 heterocycles. The highest BCUT2D eigenvalue weighted by Crippen LogP contribution is 2.33. The van der Waals surface area contributed by atoms with Crippen LogP contribution in [0.1, 0.15) is 12.0 Å². The van der Waals surface area contributed by atoms with Gasteiger partial charge < -0.3 is 10.0 Å². The van der Waals surface area contributed by atoms with E-state index < -0.39 is 10.2 Å². The molecule has 94 valence electrons. The second kappa shape index (κ2) is 4.64. The Hall–Kier alpha value is -1.11. The highest BCUT2D eigenvalue weighted by atomic mass is 32.2. The van der Waals surface area contributed by atoms with Crippen LogP contribution in [-0.4, -0.2) is 33.4 Å². The minimum atomic E-state index is -3.55. The Bertz CT molecular complexity index is 511. The molecule has 5 nitrogen and oxygen atoms in total. The van der Waals surface area contributed by atoms with E-state index in [1.807, 2.05) is 12.1 Å². The SMILES string of the molecule is CN(C)S(=O)(=O)[N-]c1cccc2c1[NH2+]CCC2. The first-order valence-electron chi connectivity index (χ1n) is 5.61. The Morgan fingerprint density at radius 2 is 2.12 bits per heavy atom. The van der Waals surface area contributed by atoms with E-state index in [2.05, 4.69) is 10.0 Å². The number of rotatable bonds is 3. The molecule has 0 amide bonds. The maximum absolute atomic E-state index is 11.7. The van der Waals surface area contributed by atoms with Crippen LogP contribution in [0, 0.1) is 0 Å². The van der Waals surface area contributed by atoms with Crippen LogP contribution in [0.15, 0.2) is 18.2 Å². The van der Waals surface area contributed by atoms with Crippen molar-refractivity contribution in [2.24, 2.45) is 0 Å². The second-order valence-corrected chi connectivity index (χ2v) is 6.11. The quantitative estimate of drug-likeness (QED) is 0.805. The zero-order chi connectivity index (χ0) is 12.5. The number of hydrogen-bond acceptors (Lipinski definition) is 2. The monoisotopic (exact) mass is 255 g/mol. The van der Waals surface area contributed by atoms with Crippen molar-refractivity contribution in [1.29, 1.82) is 0 Å². The Labute approximate surface area is 102 Å². The molecule has 1 aliphatic rings. The van der Waals surface area contributed by atoms with Gasteiger partial charge >= 0.3 is 0 Å². The topological polar surface area (TPSA) is 68.1 Å². The van der Waals surface area contributed by atoms with E-state index in [4.69, 9.17) is 0 Å². The van der Waals surface area contributed by atoms with E-state index >= 15 is 0 Å². The summed E-state index contributed by atoms with van der Waals surface area (Å²) < 4.78 is 28.5. The summed E-state index contributed by atoms with van der Waals surface area (Å²) in [5, 5.41) is 2.07. The van der Waals surface area contributed by atoms with Crippen LogP contribution in [0.4, 0.5) is 11.4 Å². The van der Waals surface area contributed by atoms with Gasteiger partial charge in [-0.2, -0.15) is 0 Å². The number of para-hydroxylation sites is 1. The van der Waals surface area contributed by atoms with E-state index in [1.54, 1.807) is 6.07 Å². The molecule has 0 aromatic heterocycles. The summed E-state index contributed by atoms with van der Waals surface area (Å²) in [6, 6.07) is 5.65. The van der Waals surface area contributed by atoms with Gasteiger partial charge in [-0.25, -0.2) is 12.7 Å². The van der Waals surface area contributed by atoms with Gasteiger partial charge in [0.1, 0.15) is 5.69 Å². The Morgan fingerprint density at radius 1 is 1.35 bits per heavy atom. The fourth-order valence-corrected chi connectivity index (χ4v) is 2.45. The summed E-state index contributed by atoms with van der Waals surface area (Å²) in [5.74, 6) is 0. The Balaban J connectivity index is 2.34. The Kier molecular flexibility index (Phi) is 3.37. The molecule has 0 spiro atoms. The number of benzene rings is 1. The maximum atomic E-state index is 11.7. The largest absolute Gasteiger partial charge is 0.559 e. The van der Waals surface area contributed by atoms with E-state index in [-0.39, 0.29) is 0 Å². The van der Waals surface area contributed by atoms with Crippen LogP contribution < -0.4 is 5.32 Å². The number of nitrogens with two attached hydrogens (primary N) is 1. The van der Waals surface area contributed by atoms with Crippen molar-refractivity contribution in [2.45, 2.75) is 12.8 Å². The molecule has 0 fully saturated rings. The molecule has 6 heteroatoms. The van der Waals surface area contributed by atoms with Gasteiger partial charge in [-0.3, -0.25) is 0 Å². The lowest BCUT2D eigenvalue weighted by Crippen LogP contribution is -2.79. The lowest BCUT2D eigenvalue weighted by Gasteiger charge is -2.29. The molecule has 2 rings (SSSR count). The zero-order valence-electron chi connectivity index (χ0n) is 10.0. The smallest absolute Gasteiger partial charge is 0.159 e. The standard InChI is InChI=1S/C11H16N3O2S/c1-14(2)17(15,16)13-10-7-3-5-9-6-4-8-12-11(9)10/h3,5,7,12H,4,6,8H2,1-2H3/q-1/p+1. The van der Waals surface area contributed by atoms with Crippen molar-refractivity contribution in [2.75, 3.05) is 20.6 Å². The maximum Gasteiger partial charge on any atom is 0.159 e. The summed E-state index contributed by atoms with van der Waals surface area (Å²) in [6.07, 6.45) is 2.12. The lowest BCUT2D eigenvalue weighted by atomic mass is 10.0. The number of quaternary nitrogens is 1. The van der Waals surface area contributed by atoms with E-state index in [0.717, 1.165) is 29.4 Å². The van der Waals surface area contributed by atoms with E-state index in [1.165, 1.54) is 19.7 Å². The zero-order valence-corrected chi connectivity index (χ0v) is 10.9. The van der Waals surface area contributed by atoms with Crippen LogP contribution in [0.5, 0.6) is 0 Å². The fraction of sp³-hybridized carbons (Fsp3) is 0.455. The molecule has 0 radical (unpaired) electrons. The molecule has 0 unspecified atom stereocenters. The summed E-state index contributed by atoms with van der Waals surface area (Å²) in [7, 11) is -0.578. The molecule has 1 aromatic rings. The molecular weight excluding hydrogens is 238 g/mol. The predicted molar refractivity (Wildman–Crippen MR) is 66.8 cm³/mol. The van der Waals surface area contributed by atoms with Crippen LogP contribution in [0.2, 0.25) is 0 Å². The predicted octanol–water partition coefficient (Wildman–Crippen LogP) is 0.639. The molecule has 0 saturated carbocycles. The minimum Gasteiger partial charge on any atom is -0.559 e. The molecule has 1 aromatic carbocycles. The highest BCUT2D eigenvalue weighted by Gasteiger charge is 2.14. The number of hydrogen-bond donors (Lipinski definition) is 1. The van der Waals surface area contributed by atoms with Gasteiger partial charge in [0.2, 0.25) is 0 Å². The van der Waals surface area contributed by atoms with Crippen LogP contribution >= 0.6 is 0 Å². The Morgan fingerprint density at radius 3 is 2.82 bits per heavy atom. The van der Waals surface area contributed by atoms with Crippen molar-refractivity contribution in [1.82, 2.24) is 4.31 Å². The second-order valence-electron chi connectivity index (χ2n) is 4.30. The van der Waals surface area contributed by atoms with Gasteiger partial charge in [-0.15, -0.1) is 0 Å². The average Bonchev–Trinajstić information content (AvgIpc) is 2.29. The first-order valence-corrected chi connectivity index (χ1v) is 7.01. The number of fused-ring (bicyclic) bond motifs is 1. The first-order chi connectivity index (χ1) is 8.00. The van der Waals surface area contributed by atoms with E-state index in [9.17, 15) is 8.42 Å². The molecule has 1 aliphatic heterocycles. The molecule has 17 heavy (non-hydrogen) atoms. The third-order valence-electron chi connectivity index (χ3n) is 2.85. The van der Waals surface area contributed by atoms with Crippen LogP contribution in [0.25, 0.3) is 4.72 Å². The van der Waals surface area contributed by atoms with Gasteiger partial charge in [0, 0.05) is 26.1 Å². The summed E-state index contributed by atoms with van der Waals surface area (Å²) in [6.45, 7) is 0.988. The van der Waals surface area contributed by atoms with Crippen molar-refractivity contribution < 1.29 is 13.7 Å². The molecule has 0 bridgehead atoms. The summed E-state index contributed by atoms with van der Waals surface area (Å²) in [4.78, 5) is 0. The minimum absolute atomic E-state index is 0.552. The molecule has 2 N–H and O–H groups in total. The third kappa shape index (κ3) is 2.59. The lowest BCUT2D eigenvalue weighted by molar-refractivity contribution is -0.575. The first kappa shape index (κ1) is 12.3. The van der Waals surface area contributed by atoms with Gasteiger partial charge in [0.15, 0.2) is 10.2 Å². The van der Waals surface area contributed by atoms with Crippen molar-refractivity contribution in [3.05, 3.63) is 28.5 Å². The average molecular weight is 255 g/mol. The highest BCUT2D eigenvalue weighted by molar-refractivity contribution is 7.92. The van der Waals surface area contributed by atoms with Crippen LogP contribution in [-0.2, 0) is 16.6 Å². The van der Waals surface area contributed by atoms with Gasteiger partial charge in [-0.1, -0.05) is 23.9 Å². The molecule has 0 saturated heterocycles. The number of aryl methyl sites for hydroxylation is 1. The fourth-order valence-electron chi connectivity index (χ4n) is 1.88. The molecule has 0 aliphatic carbocycles. The molecule has 0 atom stereocenters. The van der Waals surface area contributed by atoms with Crippen molar-refractivity contribution in [3.8, 4) is 0 Å². The summed E-state index contributed by atoms with van der Waals surface area (Å²) >= 11 is 0. The third-order valence-corrected chi connectivity index (χ3v) is 4.20. The summed E-state index contributed by atoms with van der Waals surface area (Å²) in [5.41, 5.74) is 2.71. The van der Waals surface area contributed by atoms with Crippen molar-refractivity contribution in [3.63, 3.8) is 0 Å². The van der Waals surface area contributed by atoms with Gasteiger partial charge in [0.25, 0.3) is 0 Å². The van der Waals surface area contributed by atoms with Crippen LogP contribution in [0.3, 0.4) is 0 Å². The molecular formula is C11H17N3O2S. The van der Waals surface area contributed by atoms with Gasteiger partial charge in [0.05, 0.1) is 6.54 Å².